The van der Waals surface area contributed by atoms with Crippen LogP contribution in [0.1, 0.15) is 12.8 Å². The molecule has 0 saturated heterocycles. The van der Waals surface area contributed by atoms with Crippen molar-refractivity contribution in [2.75, 3.05) is 6.61 Å². The van der Waals surface area contributed by atoms with Gasteiger partial charge in [-0.1, -0.05) is 0 Å². The fourth-order valence-electron chi connectivity index (χ4n) is 1.48. The molecular weight excluding hydrogens is 176 g/mol. The third-order valence-electron chi connectivity index (χ3n) is 2.54. The van der Waals surface area contributed by atoms with Crippen LogP contribution in [0.4, 0.5) is 0 Å². The van der Waals surface area contributed by atoms with Crippen LogP contribution >= 0.6 is 0 Å². The summed E-state index contributed by atoms with van der Waals surface area (Å²) in [5, 5.41) is 0. The number of rotatable bonds is 3. The van der Waals surface area contributed by atoms with E-state index in [-0.39, 0.29) is 0 Å². The third-order valence-corrected chi connectivity index (χ3v) is 2.54. The molecule has 1 saturated carbocycles. The number of nitrogens with zero attached hydrogens (tertiary/aromatic N) is 1. The zero-order chi connectivity index (χ0) is 9.38. The van der Waals surface area contributed by atoms with E-state index in [0.717, 1.165) is 29.4 Å². The zero-order valence-corrected chi connectivity index (χ0v) is 7.86. The molecule has 2 aromatic heterocycles. The van der Waals surface area contributed by atoms with Crippen LogP contribution in [0, 0.1) is 5.92 Å². The summed E-state index contributed by atoms with van der Waals surface area (Å²) in [5.41, 5.74) is 2.03. The summed E-state index contributed by atoms with van der Waals surface area (Å²) in [5.74, 6) is 1.52. The molecule has 0 atom stereocenters. The molecule has 1 N–H and O–H groups in total. The Kier molecular flexibility index (Phi) is 1.69. The number of aromatic nitrogens is 2. The van der Waals surface area contributed by atoms with Gasteiger partial charge in [-0.05, 0) is 30.9 Å². The van der Waals surface area contributed by atoms with Crippen molar-refractivity contribution in [1.29, 1.82) is 0 Å². The minimum absolute atomic E-state index is 0.740. The first-order valence-corrected chi connectivity index (χ1v) is 4.99. The lowest BCUT2D eigenvalue weighted by Crippen LogP contribution is -2.00. The van der Waals surface area contributed by atoms with Crippen molar-refractivity contribution in [2.24, 2.45) is 5.92 Å². The van der Waals surface area contributed by atoms with Gasteiger partial charge in [-0.3, -0.25) is 0 Å². The summed E-state index contributed by atoms with van der Waals surface area (Å²) in [6.45, 7) is 0.822. The molecule has 0 aromatic carbocycles. The van der Waals surface area contributed by atoms with Crippen LogP contribution in [0.3, 0.4) is 0 Å². The molecule has 3 nitrogen and oxygen atoms in total. The van der Waals surface area contributed by atoms with Crippen molar-refractivity contribution in [3.05, 3.63) is 24.4 Å². The summed E-state index contributed by atoms with van der Waals surface area (Å²) in [4.78, 5) is 7.49. The van der Waals surface area contributed by atoms with Crippen molar-refractivity contribution in [2.45, 2.75) is 12.8 Å². The van der Waals surface area contributed by atoms with Crippen molar-refractivity contribution in [3.63, 3.8) is 0 Å². The normalized spacial score (nSPS) is 16.0. The van der Waals surface area contributed by atoms with Gasteiger partial charge in [-0.15, -0.1) is 0 Å². The predicted octanol–water partition coefficient (Wildman–Crippen LogP) is 2.35. The lowest BCUT2D eigenvalue weighted by Gasteiger charge is -2.03. The summed E-state index contributed by atoms with van der Waals surface area (Å²) < 4.78 is 5.58. The quantitative estimate of drug-likeness (QED) is 0.802. The number of fused-ring (bicyclic) bond motifs is 1. The number of hydrogen-bond donors (Lipinski definition) is 1. The number of H-pyrrole nitrogens is 1. The lowest BCUT2D eigenvalue weighted by atomic mass is 10.4. The van der Waals surface area contributed by atoms with Gasteiger partial charge in [0.15, 0.2) is 0 Å². The molecule has 1 fully saturated rings. The third kappa shape index (κ3) is 1.45. The molecule has 1 aliphatic rings. The van der Waals surface area contributed by atoms with Crippen LogP contribution in [0.15, 0.2) is 24.4 Å². The monoisotopic (exact) mass is 188 g/mol. The van der Waals surface area contributed by atoms with Crippen molar-refractivity contribution in [3.8, 4) is 5.88 Å². The number of hydrogen-bond acceptors (Lipinski definition) is 2. The minimum Gasteiger partial charge on any atom is -0.477 e. The summed E-state index contributed by atoms with van der Waals surface area (Å²) >= 11 is 0. The fraction of sp³-hybridized carbons (Fsp3) is 0.364. The van der Waals surface area contributed by atoms with E-state index in [1.54, 1.807) is 0 Å². The van der Waals surface area contributed by atoms with Crippen molar-refractivity contribution in [1.82, 2.24) is 9.97 Å². The Labute approximate surface area is 82.1 Å². The first-order chi connectivity index (χ1) is 6.92. The van der Waals surface area contributed by atoms with Gasteiger partial charge < -0.3 is 9.72 Å². The van der Waals surface area contributed by atoms with E-state index < -0.39 is 0 Å². The largest absolute Gasteiger partial charge is 0.477 e. The second-order valence-electron chi connectivity index (χ2n) is 3.81. The SMILES string of the molecule is c1cc2nc(OCC3CC3)ccc2[nH]1. The van der Waals surface area contributed by atoms with Gasteiger partial charge in [-0.25, -0.2) is 4.98 Å². The summed E-state index contributed by atoms with van der Waals surface area (Å²) in [6.07, 6.45) is 4.52. The van der Waals surface area contributed by atoms with Gasteiger partial charge in [0.2, 0.25) is 5.88 Å². The molecule has 14 heavy (non-hydrogen) atoms. The van der Waals surface area contributed by atoms with Crippen LogP contribution in [-0.2, 0) is 0 Å². The average Bonchev–Trinajstić information content (AvgIpc) is 2.92. The van der Waals surface area contributed by atoms with E-state index in [1.165, 1.54) is 12.8 Å². The Bertz CT molecular complexity index is 445. The fourth-order valence-corrected chi connectivity index (χ4v) is 1.48. The second kappa shape index (κ2) is 3.01. The Morgan fingerprint density at radius 3 is 3.14 bits per heavy atom. The molecule has 0 spiro atoms. The molecule has 3 rings (SSSR count). The molecular formula is C11H12N2O. The number of nitrogens with one attached hydrogen (secondary N) is 1. The Balaban J connectivity index is 1.81. The van der Waals surface area contributed by atoms with Gasteiger partial charge in [0.05, 0.1) is 17.6 Å². The number of aromatic amines is 1. The maximum atomic E-state index is 5.58. The lowest BCUT2D eigenvalue weighted by molar-refractivity contribution is 0.289. The van der Waals surface area contributed by atoms with Crippen LogP contribution < -0.4 is 4.74 Å². The number of pyridine rings is 1. The zero-order valence-electron chi connectivity index (χ0n) is 7.86. The van der Waals surface area contributed by atoms with Gasteiger partial charge in [-0.2, -0.15) is 0 Å². The molecule has 0 radical (unpaired) electrons. The first kappa shape index (κ1) is 7.85. The van der Waals surface area contributed by atoms with E-state index in [4.69, 9.17) is 4.74 Å². The molecule has 3 heteroatoms. The van der Waals surface area contributed by atoms with Crippen LogP contribution in [0.5, 0.6) is 5.88 Å². The summed E-state index contributed by atoms with van der Waals surface area (Å²) in [7, 11) is 0. The van der Waals surface area contributed by atoms with E-state index in [9.17, 15) is 0 Å². The molecule has 0 amide bonds. The molecule has 1 aliphatic carbocycles. The molecule has 72 valence electrons. The topological polar surface area (TPSA) is 37.9 Å². The van der Waals surface area contributed by atoms with Crippen LogP contribution in [-0.4, -0.2) is 16.6 Å². The maximum Gasteiger partial charge on any atom is 0.213 e. The minimum atomic E-state index is 0.740. The molecule has 0 bridgehead atoms. The second-order valence-corrected chi connectivity index (χ2v) is 3.81. The van der Waals surface area contributed by atoms with E-state index in [0.29, 0.717) is 0 Å². The highest BCUT2D eigenvalue weighted by Crippen LogP contribution is 2.29. The van der Waals surface area contributed by atoms with E-state index in [2.05, 4.69) is 9.97 Å². The van der Waals surface area contributed by atoms with Gasteiger partial charge in [0.1, 0.15) is 0 Å². The predicted molar refractivity (Wildman–Crippen MR) is 54.3 cm³/mol. The summed E-state index contributed by atoms with van der Waals surface area (Å²) in [6, 6.07) is 5.88. The Hall–Kier alpha value is -1.51. The first-order valence-electron chi connectivity index (χ1n) is 4.99. The number of ether oxygens (including phenoxy) is 1. The van der Waals surface area contributed by atoms with Gasteiger partial charge in [0, 0.05) is 12.3 Å². The van der Waals surface area contributed by atoms with Crippen molar-refractivity contribution >= 4 is 11.0 Å². The molecule has 0 aliphatic heterocycles. The Morgan fingerprint density at radius 1 is 1.36 bits per heavy atom. The highest BCUT2D eigenvalue weighted by molar-refractivity contribution is 5.75. The van der Waals surface area contributed by atoms with Gasteiger partial charge >= 0.3 is 0 Å². The molecule has 2 aromatic rings. The van der Waals surface area contributed by atoms with Crippen LogP contribution in [0.2, 0.25) is 0 Å². The smallest absolute Gasteiger partial charge is 0.213 e. The van der Waals surface area contributed by atoms with Crippen molar-refractivity contribution < 1.29 is 4.74 Å². The Morgan fingerprint density at radius 2 is 2.29 bits per heavy atom. The van der Waals surface area contributed by atoms with Crippen LogP contribution in [0.25, 0.3) is 11.0 Å². The van der Waals surface area contributed by atoms with E-state index >= 15 is 0 Å². The van der Waals surface area contributed by atoms with Gasteiger partial charge in [0.25, 0.3) is 0 Å². The maximum absolute atomic E-state index is 5.58. The highest BCUT2D eigenvalue weighted by Gasteiger charge is 2.22. The van der Waals surface area contributed by atoms with E-state index in [1.807, 2.05) is 24.4 Å². The molecule has 2 heterocycles. The molecule has 0 unspecified atom stereocenters. The average molecular weight is 188 g/mol. The standard InChI is InChI=1S/C11H12N2O/c1-2-8(1)7-14-11-4-3-9-10(13-11)5-6-12-9/h3-6,8,12H,1-2,7H2. The highest BCUT2D eigenvalue weighted by atomic mass is 16.5.